The number of likely N-dealkylation sites (N-methyl/N-ethyl adjacent to an activating group) is 1. The van der Waals surface area contributed by atoms with Crippen molar-refractivity contribution >= 4 is 21.9 Å². The summed E-state index contributed by atoms with van der Waals surface area (Å²) in [6.07, 6.45) is -0.0876. The van der Waals surface area contributed by atoms with E-state index in [9.17, 15) is 22.4 Å². The van der Waals surface area contributed by atoms with Crippen LogP contribution in [0.3, 0.4) is 0 Å². The van der Waals surface area contributed by atoms with Crippen molar-refractivity contribution in [3.05, 3.63) is 30.1 Å². The quantitative estimate of drug-likeness (QED) is 0.648. The van der Waals surface area contributed by atoms with Crippen LogP contribution in [0.15, 0.2) is 29.2 Å². The van der Waals surface area contributed by atoms with E-state index in [1.54, 1.807) is 0 Å². The highest BCUT2D eigenvalue weighted by Crippen LogP contribution is 2.14. The lowest BCUT2D eigenvalue weighted by Crippen LogP contribution is -2.46. The fourth-order valence-electron chi connectivity index (χ4n) is 2.38. The molecule has 1 atom stereocenters. The van der Waals surface area contributed by atoms with Gasteiger partial charge in [0.15, 0.2) is 6.61 Å². The molecule has 0 saturated carbocycles. The SMILES string of the molecule is CC1CN(C(=O)COC(=O)CN(C)S(=O)(=O)c2ccc(F)cc2)CCO1. The second-order valence-corrected chi connectivity index (χ2v) is 7.94. The van der Waals surface area contributed by atoms with Crippen LogP contribution in [0.5, 0.6) is 0 Å². The number of benzene rings is 1. The van der Waals surface area contributed by atoms with E-state index < -0.39 is 35.0 Å². The molecule has 1 aliphatic rings. The first-order valence-electron chi connectivity index (χ1n) is 7.97. The molecule has 26 heavy (non-hydrogen) atoms. The van der Waals surface area contributed by atoms with E-state index in [-0.39, 0.29) is 16.9 Å². The molecule has 0 bridgehead atoms. The first-order chi connectivity index (χ1) is 12.2. The van der Waals surface area contributed by atoms with Gasteiger partial charge in [-0.3, -0.25) is 9.59 Å². The molecule has 0 aromatic heterocycles. The molecule has 0 spiro atoms. The van der Waals surface area contributed by atoms with Crippen molar-refractivity contribution in [3.8, 4) is 0 Å². The van der Waals surface area contributed by atoms with Gasteiger partial charge in [-0.25, -0.2) is 12.8 Å². The van der Waals surface area contributed by atoms with Gasteiger partial charge >= 0.3 is 5.97 Å². The Kier molecular flexibility index (Phi) is 6.68. The summed E-state index contributed by atoms with van der Waals surface area (Å²) in [7, 11) is -2.76. The van der Waals surface area contributed by atoms with Crippen LogP contribution in [0.1, 0.15) is 6.92 Å². The molecule has 1 aliphatic heterocycles. The first-order valence-corrected chi connectivity index (χ1v) is 9.41. The van der Waals surface area contributed by atoms with Crippen LogP contribution in [-0.2, 0) is 29.1 Å². The van der Waals surface area contributed by atoms with Gasteiger partial charge in [0.2, 0.25) is 10.0 Å². The Labute approximate surface area is 151 Å². The summed E-state index contributed by atoms with van der Waals surface area (Å²) in [4.78, 5) is 25.2. The molecule has 1 amide bonds. The van der Waals surface area contributed by atoms with Gasteiger partial charge in [-0.05, 0) is 31.2 Å². The van der Waals surface area contributed by atoms with E-state index in [0.717, 1.165) is 28.6 Å². The summed E-state index contributed by atoms with van der Waals surface area (Å²) in [6.45, 7) is 2.05. The Balaban J connectivity index is 1.86. The van der Waals surface area contributed by atoms with Gasteiger partial charge in [-0.1, -0.05) is 0 Å². The van der Waals surface area contributed by atoms with Gasteiger partial charge in [0, 0.05) is 20.1 Å². The molecule has 0 radical (unpaired) electrons. The molecule has 1 unspecified atom stereocenters. The number of hydrogen-bond acceptors (Lipinski definition) is 6. The molecule has 144 valence electrons. The minimum Gasteiger partial charge on any atom is -0.455 e. The Morgan fingerprint density at radius 1 is 1.35 bits per heavy atom. The maximum atomic E-state index is 12.9. The number of hydrogen-bond donors (Lipinski definition) is 0. The number of esters is 1. The summed E-state index contributed by atoms with van der Waals surface area (Å²) in [6, 6.07) is 4.24. The fraction of sp³-hybridized carbons (Fsp3) is 0.500. The van der Waals surface area contributed by atoms with Crippen LogP contribution in [0.2, 0.25) is 0 Å². The van der Waals surface area contributed by atoms with Crippen molar-refractivity contribution in [1.82, 2.24) is 9.21 Å². The molecule has 0 aliphatic carbocycles. The normalized spacial score (nSPS) is 18.0. The third-order valence-corrected chi connectivity index (χ3v) is 5.64. The van der Waals surface area contributed by atoms with Gasteiger partial charge in [0.25, 0.3) is 5.91 Å². The average molecular weight is 388 g/mol. The maximum Gasteiger partial charge on any atom is 0.321 e. The average Bonchev–Trinajstić information content (AvgIpc) is 2.60. The predicted molar refractivity (Wildman–Crippen MR) is 89.2 cm³/mol. The van der Waals surface area contributed by atoms with Crippen LogP contribution in [0.4, 0.5) is 4.39 Å². The number of carbonyl (C=O) groups excluding carboxylic acids is 2. The fourth-order valence-corrected chi connectivity index (χ4v) is 3.49. The van der Waals surface area contributed by atoms with Crippen molar-refractivity contribution < 1.29 is 31.9 Å². The molecule has 1 aromatic rings. The van der Waals surface area contributed by atoms with Crippen LogP contribution in [0.25, 0.3) is 0 Å². The van der Waals surface area contributed by atoms with Gasteiger partial charge in [-0.2, -0.15) is 4.31 Å². The number of sulfonamides is 1. The lowest BCUT2D eigenvalue weighted by atomic mass is 10.3. The Morgan fingerprint density at radius 3 is 2.62 bits per heavy atom. The Hall–Kier alpha value is -2.04. The second-order valence-electron chi connectivity index (χ2n) is 5.90. The van der Waals surface area contributed by atoms with Gasteiger partial charge in [-0.15, -0.1) is 0 Å². The predicted octanol–water partition coefficient (Wildman–Crippen LogP) is 0.237. The first kappa shape index (κ1) is 20.3. The maximum absolute atomic E-state index is 12.9. The van der Waals surface area contributed by atoms with E-state index in [2.05, 4.69) is 0 Å². The molecular weight excluding hydrogens is 367 g/mol. The summed E-state index contributed by atoms with van der Waals surface area (Å²) in [5, 5.41) is 0. The van der Waals surface area contributed by atoms with Crippen LogP contribution >= 0.6 is 0 Å². The molecule has 1 fully saturated rings. The summed E-state index contributed by atoms with van der Waals surface area (Å²) < 4.78 is 48.5. The monoisotopic (exact) mass is 388 g/mol. The zero-order valence-electron chi connectivity index (χ0n) is 14.6. The highest BCUT2D eigenvalue weighted by Gasteiger charge is 2.25. The Bertz CT molecular complexity index is 753. The second kappa shape index (κ2) is 8.56. The standard InChI is InChI=1S/C16H21FN2O6S/c1-12-9-19(7-8-24-12)15(20)11-25-16(21)10-18(2)26(22,23)14-5-3-13(17)4-6-14/h3-6,12H,7-11H2,1-2H3. The number of rotatable bonds is 6. The zero-order chi connectivity index (χ0) is 19.3. The molecule has 1 heterocycles. The smallest absolute Gasteiger partial charge is 0.321 e. The van der Waals surface area contributed by atoms with Crippen molar-refractivity contribution in [3.63, 3.8) is 0 Å². The molecule has 1 saturated heterocycles. The summed E-state index contributed by atoms with van der Waals surface area (Å²) in [5.74, 6) is -1.78. The molecular formula is C16H21FN2O6S. The number of amides is 1. The van der Waals surface area contributed by atoms with E-state index in [0.29, 0.717) is 19.7 Å². The zero-order valence-corrected chi connectivity index (χ0v) is 15.4. The topological polar surface area (TPSA) is 93.2 Å². The van der Waals surface area contributed by atoms with E-state index in [1.165, 1.54) is 11.9 Å². The minimum absolute atomic E-state index is 0.0876. The van der Waals surface area contributed by atoms with E-state index in [1.807, 2.05) is 6.92 Å². The van der Waals surface area contributed by atoms with Crippen LogP contribution in [0, 0.1) is 5.82 Å². The molecule has 10 heteroatoms. The number of halogens is 1. The number of ether oxygens (including phenoxy) is 2. The third-order valence-electron chi connectivity index (χ3n) is 3.82. The molecule has 0 N–H and O–H groups in total. The van der Waals surface area contributed by atoms with Crippen molar-refractivity contribution in [2.24, 2.45) is 0 Å². The van der Waals surface area contributed by atoms with Crippen molar-refractivity contribution in [2.45, 2.75) is 17.9 Å². The molecule has 1 aromatic carbocycles. The highest BCUT2D eigenvalue weighted by molar-refractivity contribution is 7.89. The van der Waals surface area contributed by atoms with Crippen molar-refractivity contribution in [1.29, 1.82) is 0 Å². The van der Waals surface area contributed by atoms with E-state index >= 15 is 0 Å². The lowest BCUT2D eigenvalue weighted by Gasteiger charge is -2.31. The van der Waals surface area contributed by atoms with Crippen molar-refractivity contribution in [2.75, 3.05) is 39.9 Å². The van der Waals surface area contributed by atoms with Crippen LogP contribution < -0.4 is 0 Å². The number of morpholine rings is 1. The third kappa shape index (κ3) is 5.23. The Morgan fingerprint density at radius 2 is 2.00 bits per heavy atom. The molecule has 2 rings (SSSR count). The number of nitrogens with zero attached hydrogens (tertiary/aromatic N) is 2. The van der Waals surface area contributed by atoms with Gasteiger partial charge in [0.1, 0.15) is 12.4 Å². The number of carbonyl (C=O) groups is 2. The van der Waals surface area contributed by atoms with Crippen LogP contribution in [-0.4, -0.2) is 75.5 Å². The molecule has 8 nitrogen and oxygen atoms in total. The van der Waals surface area contributed by atoms with E-state index in [4.69, 9.17) is 9.47 Å². The summed E-state index contributed by atoms with van der Waals surface area (Å²) in [5.41, 5.74) is 0. The lowest BCUT2D eigenvalue weighted by molar-refractivity contribution is -0.154. The minimum atomic E-state index is -3.96. The summed E-state index contributed by atoms with van der Waals surface area (Å²) >= 11 is 0. The largest absolute Gasteiger partial charge is 0.455 e. The van der Waals surface area contributed by atoms with Gasteiger partial charge in [0.05, 0.1) is 17.6 Å². The van der Waals surface area contributed by atoms with Gasteiger partial charge < -0.3 is 14.4 Å². The highest BCUT2D eigenvalue weighted by atomic mass is 32.2.